The maximum atomic E-state index is 12.2. The smallest absolute Gasteiger partial charge is 0.260 e. The van der Waals surface area contributed by atoms with Crippen molar-refractivity contribution >= 4 is 21.8 Å². The number of amides is 1. The maximum Gasteiger partial charge on any atom is 0.260 e. The molecule has 1 aromatic rings. The van der Waals surface area contributed by atoms with Crippen LogP contribution < -0.4 is 9.47 Å². The third kappa shape index (κ3) is 4.36. The summed E-state index contributed by atoms with van der Waals surface area (Å²) >= 11 is 3.42. The number of halogens is 1. The van der Waals surface area contributed by atoms with Crippen molar-refractivity contribution in [2.75, 3.05) is 39.9 Å². The van der Waals surface area contributed by atoms with E-state index in [1.807, 2.05) is 17.0 Å². The van der Waals surface area contributed by atoms with Crippen LogP contribution in [0.25, 0.3) is 0 Å². The average Bonchev–Trinajstić information content (AvgIpc) is 2.54. The number of hydrogen-bond acceptors (Lipinski definition) is 4. The van der Waals surface area contributed by atoms with E-state index in [0.29, 0.717) is 17.5 Å². The van der Waals surface area contributed by atoms with Gasteiger partial charge in [-0.2, -0.15) is 0 Å². The molecule has 2 rings (SSSR count). The maximum absolute atomic E-state index is 12.2. The van der Waals surface area contributed by atoms with Gasteiger partial charge >= 0.3 is 0 Å². The monoisotopic (exact) mass is 370 g/mol. The van der Waals surface area contributed by atoms with E-state index in [9.17, 15) is 4.79 Å². The second-order valence-corrected chi connectivity index (χ2v) is 6.45. The zero-order valence-corrected chi connectivity index (χ0v) is 14.9. The number of piperazine rings is 1. The third-order valence-corrected chi connectivity index (χ3v) is 4.54. The summed E-state index contributed by atoms with van der Waals surface area (Å²) in [5, 5.41) is 0. The topological polar surface area (TPSA) is 42.0 Å². The molecule has 1 aliphatic heterocycles. The Balaban J connectivity index is 1.86. The lowest BCUT2D eigenvalue weighted by Gasteiger charge is -2.36. The predicted molar refractivity (Wildman–Crippen MR) is 89.5 cm³/mol. The van der Waals surface area contributed by atoms with Crippen molar-refractivity contribution in [2.45, 2.75) is 19.9 Å². The van der Waals surface area contributed by atoms with Crippen LogP contribution in [-0.2, 0) is 4.79 Å². The molecule has 0 bridgehead atoms. The van der Waals surface area contributed by atoms with Gasteiger partial charge in [0.1, 0.15) is 11.5 Å². The Kier molecular flexibility index (Phi) is 6.08. The van der Waals surface area contributed by atoms with Crippen LogP contribution in [0.1, 0.15) is 13.8 Å². The van der Waals surface area contributed by atoms with E-state index in [4.69, 9.17) is 9.47 Å². The van der Waals surface area contributed by atoms with Gasteiger partial charge in [-0.1, -0.05) is 0 Å². The summed E-state index contributed by atoms with van der Waals surface area (Å²) in [5.41, 5.74) is 0. The quantitative estimate of drug-likeness (QED) is 0.797. The zero-order valence-electron chi connectivity index (χ0n) is 13.3. The Morgan fingerprint density at radius 3 is 2.55 bits per heavy atom. The van der Waals surface area contributed by atoms with Gasteiger partial charge in [0.2, 0.25) is 0 Å². The number of carbonyl (C=O) groups is 1. The molecule has 0 unspecified atom stereocenters. The highest BCUT2D eigenvalue weighted by atomic mass is 79.9. The molecule has 0 atom stereocenters. The number of methoxy groups -OCH3 is 1. The van der Waals surface area contributed by atoms with Crippen molar-refractivity contribution in [3.63, 3.8) is 0 Å². The number of nitrogens with zero attached hydrogens (tertiary/aromatic N) is 2. The van der Waals surface area contributed by atoms with Crippen LogP contribution in [0, 0.1) is 0 Å². The van der Waals surface area contributed by atoms with E-state index in [1.54, 1.807) is 13.2 Å². The lowest BCUT2D eigenvalue weighted by atomic mass is 10.2. The molecule has 5 nitrogen and oxygen atoms in total. The molecule has 1 heterocycles. The first-order valence-corrected chi connectivity index (χ1v) is 8.28. The summed E-state index contributed by atoms with van der Waals surface area (Å²) in [4.78, 5) is 16.5. The van der Waals surface area contributed by atoms with Gasteiger partial charge in [0.25, 0.3) is 5.91 Å². The van der Waals surface area contributed by atoms with Crippen molar-refractivity contribution < 1.29 is 14.3 Å². The van der Waals surface area contributed by atoms with Gasteiger partial charge in [0.15, 0.2) is 6.61 Å². The molecular weight excluding hydrogens is 348 g/mol. The lowest BCUT2D eigenvalue weighted by Crippen LogP contribution is -2.51. The highest BCUT2D eigenvalue weighted by Gasteiger charge is 2.22. The largest absolute Gasteiger partial charge is 0.497 e. The molecule has 1 amide bonds. The summed E-state index contributed by atoms with van der Waals surface area (Å²) in [5.74, 6) is 1.35. The van der Waals surface area contributed by atoms with Crippen molar-refractivity contribution in [1.82, 2.24) is 9.80 Å². The predicted octanol–water partition coefficient (Wildman–Crippen LogP) is 2.39. The van der Waals surface area contributed by atoms with Gasteiger partial charge < -0.3 is 14.4 Å². The fourth-order valence-corrected chi connectivity index (χ4v) is 2.80. The first-order valence-electron chi connectivity index (χ1n) is 7.49. The average molecular weight is 371 g/mol. The van der Waals surface area contributed by atoms with E-state index in [-0.39, 0.29) is 12.5 Å². The summed E-state index contributed by atoms with van der Waals surface area (Å²) in [6, 6.07) is 5.99. The molecule has 1 aromatic carbocycles. The van der Waals surface area contributed by atoms with E-state index in [1.165, 1.54) is 0 Å². The van der Waals surface area contributed by atoms with Gasteiger partial charge in [-0.05, 0) is 41.9 Å². The normalized spacial score (nSPS) is 16.0. The minimum absolute atomic E-state index is 0.0260. The number of hydrogen-bond donors (Lipinski definition) is 0. The summed E-state index contributed by atoms with van der Waals surface area (Å²) in [6.45, 7) is 7.78. The second kappa shape index (κ2) is 7.83. The lowest BCUT2D eigenvalue weighted by molar-refractivity contribution is -0.135. The molecule has 1 saturated heterocycles. The number of carbonyl (C=O) groups excluding carboxylic acids is 1. The second-order valence-electron chi connectivity index (χ2n) is 5.60. The molecule has 0 spiro atoms. The molecule has 1 aliphatic rings. The van der Waals surface area contributed by atoms with Crippen molar-refractivity contribution in [3.05, 3.63) is 22.7 Å². The summed E-state index contributed by atoms with van der Waals surface area (Å²) in [7, 11) is 1.60. The van der Waals surface area contributed by atoms with Gasteiger partial charge in [-0.25, -0.2) is 0 Å². The van der Waals surface area contributed by atoms with Crippen LogP contribution in [0.3, 0.4) is 0 Å². The molecular formula is C16H23BrN2O3. The molecule has 0 radical (unpaired) electrons. The fraction of sp³-hybridized carbons (Fsp3) is 0.562. The van der Waals surface area contributed by atoms with E-state index in [2.05, 4.69) is 34.7 Å². The summed E-state index contributed by atoms with van der Waals surface area (Å²) in [6.07, 6.45) is 0. The van der Waals surface area contributed by atoms with Crippen LogP contribution >= 0.6 is 15.9 Å². The Labute approximate surface area is 140 Å². The van der Waals surface area contributed by atoms with Crippen LogP contribution in [0.2, 0.25) is 0 Å². The highest BCUT2D eigenvalue weighted by molar-refractivity contribution is 9.10. The SMILES string of the molecule is COc1ccc(Br)c(OCC(=O)N2CCN(C(C)C)CC2)c1. The number of ether oxygens (including phenoxy) is 2. The summed E-state index contributed by atoms with van der Waals surface area (Å²) < 4.78 is 11.6. The van der Waals surface area contributed by atoms with Crippen LogP contribution in [-0.4, -0.2) is 61.6 Å². The van der Waals surface area contributed by atoms with E-state index >= 15 is 0 Å². The Hall–Kier alpha value is -1.27. The molecule has 0 saturated carbocycles. The zero-order chi connectivity index (χ0) is 16.1. The molecule has 0 aromatic heterocycles. The highest BCUT2D eigenvalue weighted by Crippen LogP contribution is 2.29. The number of rotatable bonds is 5. The molecule has 0 aliphatic carbocycles. The Bertz CT molecular complexity index is 514. The third-order valence-electron chi connectivity index (χ3n) is 3.89. The van der Waals surface area contributed by atoms with Gasteiger partial charge in [-0.15, -0.1) is 0 Å². The minimum atomic E-state index is 0.0260. The minimum Gasteiger partial charge on any atom is -0.497 e. The van der Waals surface area contributed by atoms with Crippen molar-refractivity contribution in [1.29, 1.82) is 0 Å². The molecule has 0 N–H and O–H groups in total. The van der Waals surface area contributed by atoms with E-state index in [0.717, 1.165) is 30.7 Å². The molecule has 1 fully saturated rings. The van der Waals surface area contributed by atoms with Crippen LogP contribution in [0.5, 0.6) is 11.5 Å². The van der Waals surface area contributed by atoms with Crippen LogP contribution in [0.15, 0.2) is 22.7 Å². The Morgan fingerprint density at radius 1 is 1.27 bits per heavy atom. The molecule has 122 valence electrons. The number of benzene rings is 1. The van der Waals surface area contributed by atoms with Crippen molar-refractivity contribution in [3.8, 4) is 11.5 Å². The first-order chi connectivity index (χ1) is 10.5. The van der Waals surface area contributed by atoms with Gasteiger partial charge in [0, 0.05) is 38.3 Å². The fourth-order valence-electron chi connectivity index (χ4n) is 2.44. The van der Waals surface area contributed by atoms with Crippen molar-refractivity contribution in [2.24, 2.45) is 0 Å². The first kappa shape index (κ1) is 17.1. The van der Waals surface area contributed by atoms with Gasteiger partial charge in [0.05, 0.1) is 11.6 Å². The Morgan fingerprint density at radius 2 is 1.95 bits per heavy atom. The molecule has 22 heavy (non-hydrogen) atoms. The van der Waals surface area contributed by atoms with E-state index < -0.39 is 0 Å². The molecule has 6 heteroatoms. The standard InChI is InChI=1S/C16H23BrN2O3/c1-12(2)18-6-8-19(9-7-18)16(20)11-22-15-10-13(21-3)4-5-14(15)17/h4-5,10,12H,6-9,11H2,1-3H3. The van der Waals surface area contributed by atoms with Crippen LogP contribution in [0.4, 0.5) is 0 Å². The van der Waals surface area contributed by atoms with Gasteiger partial charge in [-0.3, -0.25) is 9.69 Å².